The summed E-state index contributed by atoms with van der Waals surface area (Å²) in [6.45, 7) is 2.18. The summed E-state index contributed by atoms with van der Waals surface area (Å²) in [6, 6.07) is 10.8. The van der Waals surface area contributed by atoms with E-state index >= 15 is 0 Å². The number of fused-ring (bicyclic) bond motifs is 1. The van der Waals surface area contributed by atoms with Gasteiger partial charge in [0.1, 0.15) is 5.75 Å². The molecule has 0 radical (unpaired) electrons. The number of hydrogen-bond acceptors (Lipinski definition) is 3. The average Bonchev–Trinajstić information content (AvgIpc) is 3.49. The molecule has 2 aromatic heterocycles. The molecule has 0 saturated heterocycles. The number of aryl methyl sites for hydroxylation is 1. The van der Waals surface area contributed by atoms with E-state index in [4.69, 9.17) is 4.74 Å². The molecule has 29 heavy (non-hydrogen) atoms. The summed E-state index contributed by atoms with van der Waals surface area (Å²) in [7, 11) is 1.72. The van der Waals surface area contributed by atoms with Crippen molar-refractivity contribution < 1.29 is 9.84 Å². The highest BCUT2D eigenvalue weighted by molar-refractivity contribution is 5.50. The van der Waals surface area contributed by atoms with Gasteiger partial charge >= 0.3 is 0 Å². The van der Waals surface area contributed by atoms with Gasteiger partial charge in [0.15, 0.2) is 0 Å². The van der Waals surface area contributed by atoms with Crippen LogP contribution in [0.3, 0.4) is 0 Å². The van der Waals surface area contributed by atoms with Crippen LogP contribution >= 0.6 is 0 Å². The van der Waals surface area contributed by atoms with Crippen molar-refractivity contribution in [2.75, 3.05) is 7.11 Å². The number of imidazole rings is 1. The zero-order chi connectivity index (χ0) is 20.0. The number of pyridine rings is 1. The standard InChI is InChI=1S/C25H30N2O2/c1-16-13-21(29-2)10-12-22(16)17-5-7-19(8-6-17)25(28)24-23(18-3-4-18)11-9-20-14-26-15-27(20)24/h9-15,17-19,25,28H,3-8H2,1-2H3/t17?,19?,25-/m0/s1. The van der Waals surface area contributed by atoms with E-state index in [2.05, 4.69) is 46.6 Å². The van der Waals surface area contributed by atoms with Gasteiger partial charge in [-0.05, 0) is 98.1 Å². The van der Waals surface area contributed by atoms with Crippen LogP contribution in [0.25, 0.3) is 5.52 Å². The second-order valence-electron chi connectivity index (χ2n) is 8.92. The molecule has 0 spiro atoms. The van der Waals surface area contributed by atoms with Crippen molar-refractivity contribution in [3.8, 4) is 5.75 Å². The molecule has 5 rings (SSSR count). The predicted molar refractivity (Wildman–Crippen MR) is 115 cm³/mol. The molecular weight excluding hydrogens is 360 g/mol. The SMILES string of the molecule is COc1ccc(C2CCC([C@H](O)c3c(C4CC4)ccc4cncn34)CC2)c(C)c1. The van der Waals surface area contributed by atoms with E-state index in [-0.39, 0.29) is 0 Å². The minimum absolute atomic E-state index is 0.315. The normalized spacial score (nSPS) is 23.3. The van der Waals surface area contributed by atoms with Gasteiger partial charge in [-0.1, -0.05) is 12.1 Å². The maximum absolute atomic E-state index is 11.4. The van der Waals surface area contributed by atoms with Crippen molar-refractivity contribution >= 4 is 5.52 Å². The zero-order valence-electron chi connectivity index (χ0n) is 17.3. The molecule has 4 heteroatoms. The Balaban J connectivity index is 1.36. The Morgan fingerprint density at radius 2 is 1.69 bits per heavy atom. The number of benzene rings is 1. The summed E-state index contributed by atoms with van der Waals surface area (Å²) in [5, 5.41) is 11.4. The number of methoxy groups -OCH3 is 1. The maximum Gasteiger partial charge on any atom is 0.119 e. The molecule has 0 aliphatic heterocycles. The number of ether oxygens (including phenoxy) is 1. The molecule has 152 valence electrons. The second-order valence-corrected chi connectivity index (χ2v) is 8.92. The Morgan fingerprint density at radius 1 is 1.00 bits per heavy atom. The number of nitrogens with zero attached hydrogens (tertiary/aromatic N) is 2. The Labute approximate surface area is 172 Å². The summed E-state index contributed by atoms with van der Waals surface area (Å²) in [6.07, 6.45) is 10.2. The van der Waals surface area contributed by atoms with Crippen LogP contribution in [-0.4, -0.2) is 21.6 Å². The number of aliphatic hydroxyl groups excluding tert-OH is 1. The third-order valence-corrected chi connectivity index (χ3v) is 7.09. The van der Waals surface area contributed by atoms with Gasteiger partial charge in [0, 0.05) is 0 Å². The molecule has 2 aliphatic carbocycles. The molecule has 0 bridgehead atoms. The highest BCUT2D eigenvalue weighted by Crippen LogP contribution is 2.47. The van der Waals surface area contributed by atoms with E-state index in [0.29, 0.717) is 17.8 Å². The lowest BCUT2D eigenvalue weighted by Gasteiger charge is -2.33. The van der Waals surface area contributed by atoms with Crippen LogP contribution in [0.4, 0.5) is 0 Å². The van der Waals surface area contributed by atoms with Crippen molar-refractivity contribution in [2.24, 2.45) is 5.92 Å². The predicted octanol–water partition coefficient (Wildman–Crippen LogP) is 5.54. The molecule has 2 saturated carbocycles. The van der Waals surface area contributed by atoms with Gasteiger partial charge in [0.25, 0.3) is 0 Å². The molecule has 2 fully saturated rings. The van der Waals surface area contributed by atoms with Crippen LogP contribution < -0.4 is 4.74 Å². The Bertz CT molecular complexity index is 1010. The summed E-state index contributed by atoms with van der Waals surface area (Å²) in [5.74, 6) is 2.44. The fraction of sp³-hybridized carbons (Fsp3) is 0.480. The van der Waals surface area contributed by atoms with Crippen molar-refractivity contribution in [1.82, 2.24) is 9.38 Å². The molecule has 2 aliphatic rings. The van der Waals surface area contributed by atoms with Crippen LogP contribution in [0.15, 0.2) is 42.9 Å². The van der Waals surface area contributed by atoms with Crippen LogP contribution in [0, 0.1) is 12.8 Å². The highest BCUT2D eigenvalue weighted by Gasteiger charge is 2.34. The first-order valence-electron chi connectivity index (χ1n) is 10.9. The molecule has 0 amide bonds. The Kier molecular flexibility index (Phi) is 4.83. The lowest BCUT2D eigenvalue weighted by atomic mass is 9.75. The molecule has 1 aromatic carbocycles. The zero-order valence-corrected chi connectivity index (χ0v) is 17.3. The Hall–Kier alpha value is -2.33. The van der Waals surface area contributed by atoms with Gasteiger partial charge < -0.3 is 14.2 Å². The van der Waals surface area contributed by atoms with Crippen LogP contribution in [-0.2, 0) is 0 Å². The van der Waals surface area contributed by atoms with Crippen molar-refractivity contribution in [3.05, 3.63) is 65.2 Å². The van der Waals surface area contributed by atoms with Crippen LogP contribution in [0.5, 0.6) is 5.75 Å². The van der Waals surface area contributed by atoms with Crippen molar-refractivity contribution in [2.45, 2.75) is 63.4 Å². The topological polar surface area (TPSA) is 46.8 Å². The number of rotatable bonds is 5. The summed E-state index contributed by atoms with van der Waals surface area (Å²) in [5.41, 5.74) is 6.25. The minimum Gasteiger partial charge on any atom is -0.497 e. The third-order valence-electron chi connectivity index (χ3n) is 7.09. The fourth-order valence-corrected chi connectivity index (χ4v) is 5.28. The molecule has 0 unspecified atom stereocenters. The number of aliphatic hydroxyl groups is 1. The van der Waals surface area contributed by atoms with E-state index in [1.807, 2.05) is 12.5 Å². The monoisotopic (exact) mass is 390 g/mol. The van der Waals surface area contributed by atoms with E-state index in [1.54, 1.807) is 7.11 Å². The lowest BCUT2D eigenvalue weighted by molar-refractivity contribution is 0.0754. The number of hydrogen-bond donors (Lipinski definition) is 1. The van der Waals surface area contributed by atoms with Gasteiger partial charge in [-0.15, -0.1) is 0 Å². The average molecular weight is 391 g/mol. The molecule has 2 heterocycles. The smallest absolute Gasteiger partial charge is 0.119 e. The van der Waals surface area contributed by atoms with E-state index in [9.17, 15) is 5.11 Å². The van der Waals surface area contributed by atoms with Crippen LogP contribution in [0.1, 0.15) is 78.8 Å². The second kappa shape index (κ2) is 7.49. The van der Waals surface area contributed by atoms with Crippen molar-refractivity contribution in [3.63, 3.8) is 0 Å². The van der Waals surface area contributed by atoms with E-state index in [0.717, 1.165) is 42.6 Å². The number of aromatic nitrogens is 2. The first kappa shape index (κ1) is 18.7. The van der Waals surface area contributed by atoms with Crippen LogP contribution in [0.2, 0.25) is 0 Å². The summed E-state index contributed by atoms with van der Waals surface area (Å²) < 4.78 is 7.48. The third kappa shape index (κ3) is 3.44. The minimum atomic E-state index is -0.415. The van der Waals surface area contributed by atoms with Gasteiger partial charge in [0.2, 0.25) is 0 Å². The molecule has 1 atom stereocenters. The molecule has 3 aromatic rings. The molecular formula is C25H30N2O2. The van der Waals surface area contributed by atoms with Gasteiger partial charge in [-0.25, -0.2) is 4.98 Å². The Morgan fingerprint density at radius 3 is 2.38 bits per heavy atom. The molecule has 4 nitrogen and oxygen atoms in total. The first-order chi connectivity index (χ1) is 14.2. The maximum atomic E-state index is 11.4. The summed E-state index contributed by atoms with van der Waals surface area (Å²) >= 11 is 0. The van der Waals surface area contributed by atoms with E-state index in [1.165, 1.54) is 29.5 Å². The fourth-order valence-electron chi connectivity index (χ4n) is 5.28. The summed E-state index contributed by atoms with van der Waals surface area (Å²) in [4.78, 5) is 4.33. The first-order valence-corrected chi connectivity index (χ1v) is 10.9. The van der Waals surface area contributed by atoms with Gasteiger partial charge in [-0.3, -0.25) is 0 Å². The molecule has 1 N–H and O–H groups in total. The van der Waals surface area contributed by atoms with Gasteiger partial charge in [0.05, 0.1) is 36.9 Å². The largest absolute Gasteiger partial charge is 0.497 e. The van der Waals surface area contributed by atoms with Crippen molar-refractivity contribution in [1.29, 1.82) is 0 Å². The highest BCUT2D eigenvalue weighted by atomic mass is 16.5. The lowest BCUT2D eigenvalue weighted by Crippen LogP contribution is -2.22. The van der Waals surface area contributed by atoms with E-state index < -0.39 is 6.10 Å². The quantitative estimate of drug-likeness (QED) is 0.622. The van der Waals surface area contributed by atoms with Gasteiger partial charge in [-0.2, -0.15) is 0 Å².